The number of carbonyl (C=O) groups is 1. The molecule has 40 heavy (non-hydrogen) atoms. The summed E-state index contributed by atoms with van der Waals surface area (Å²) in [6, 6.07) is 4.54. The molecule has 1 heterocycles. The van der Waals surface area contributed by atoms with Crippen molar-refractivity contribution in [2.45, 2.75) is 111 Å². The summed E-state index contributed by atoms with van der Waals surface area (Å²) in [6.07, 6.45) is 11.7. The maximum absolute atomic E-state index is 14.2. The van der Waals surface area contributed by atoms with E-state index in [0.29, 0.717) is 6.42 Å². The normalized spacial score (nSPS) is 23.1. The van der Waals surface area contributed by atoms with Crippen molar-refractivity contribution in [2.24, 2.45) is 11.3 Å². The first-order chi connectivity index (χ1) is 19.1. The standard InChI is InChI=1S/C31H48FNO4S.C2H6/c1-5-6-17-33(4)28(36)12-8-7-9-18-38-19-10-11-23-15-16-31(22-34)21-25(23)29(37-30(31,2)3)24-13-14-27(35)26(32)20-24;1-2/h13-15,20,25,29,34-35H,5-12,16-19,21-22H2,1-4H3;1-2H3. The molecule has 228 valence electrons. The largest absolute Gasteiger partial charge is 0.505 e. The van der Waals surface area contributed by atoms with Gasteiger partial charge in [-0.15, -0.1) is 0 Å². The number of ether oxygens (including phenoxy) is 1. The van der Waals surface area contributed by atoms with Crippen molar-refractivity contribution in [1.82, 2.24) is 4.90 Å². The average Bonchev–Trinajstić information content (AvgIpc) is 2.95. The molecule has 1 aliphatic heterocycles. The predicted molar refractivity (Wildman–Crippen MR) is 165 cm³/mol. The fourth-order valence-corrected chi connectivity index (χ4v) is 6.85. The minimum atomic E-state index is -0.631. The Morgan fingerprint density at radius 3 is 2.55 bits per heavy atom. The maximum Gasteiger partial charge on any atom is 0.222 e. The third-order valence-corrected chi connectivity index (χ3v) is 9.87. The minimum absolute atomic E-state index is 0.0629. The zero-order valence-corrected chi connectivity index (χ0v) is 26.6. The number of carbonyl (C=O) groups excluding carboxylic acids is 1. The highest BCUT2D eigenvalue weighted by Gasteiger charge is 2.55. The van der Waals surface area contributed by atoms with Crippen LogP contribution in [0.25, 0.3) is 0 Å². The van der Waals surface area contributed by atoms with E-state index in [4.69, 9.17) is 4.74 Å². The van der Waals surface area contributed by atoms with Gasteiger partial charge >= 0.3 is 0 Å². The van der Waals surface area contributed by atoms with Crippen molar-refractivity contribution in [3.05, 3.63) is 41.2 Å². The SMILES string of the molecule is CC.CCCCN(C)C(=O)CCCCCSCCCC1=CCC2(CO)CC1C(c1ccc(O)c(F)c1)OC2(C)C. The van der Waals surface area contributed by atoms with Crippen LogP contribution >= 0.6 is 11.8 Å². The Hall–Kier alpha value is -1.57. The fraction of sp³-hybridized carbons (Fsp3) is 0.727. The molecular weight excluding hydrogens is 525 g/mol. The highest BCUT2D eigenvalue weighted by atomic mass is 32.2. The second-order valence-electron chi connectivity index (χ2n) is 11.7. The lowest BCUT2D eigenvalue weighted by Crippen LogP contribution is -2.56. The third kappa shape index (κ3) is 8.96. The van der Waals surface area contributed by atoms with Crippen LogP contribution in [0.5, 0.6) is 5.75 Å². The first-order valence-electron chi connectivity index (χ1n) is 15.4. The van der Waals surface area contributed by atoms with Gasteiger partial charge in [-0.05, 0) is 88.0 Å². The number of aliphatic hydroxyl groups excluding tert-OH is 1. The molecule has 1 fully saturated rings. The van der Waals surface area contributed by atoms with Gasteiger partial charge < -0.3 is 19.8 Å². The highest BCUT2D eigenvalue weighted by molar-refractivity contribution is 7.99. The predicted octanol–water partition coefficient (Wildman–Crippen LogP) is 8.05. The molecule has 3 atom stereocenters. The van der Waals surface area contributed by atoms with E-state index in [-0.39, 0.29) is 35.7 Å². The summed E-state index contributed by atoms with van der Waals surface area (Å²) in [7, 11) is 1.91. The number of aromatic hydroxyl groups is 1. The van der Waals surface area contributed by atoms with Gasteiger partial charge in [0.25, 0.3) is 0 Å². The van der Waals surface area contributed by atoms with Gasteiger partial charge in [0.1, 0.15) is 0 Å². The molecule has 1 aromatic carbocycles. The molecule has 1 saturated heterocycles. The van der Waals surface area contributed by atoms with Crippen molar-refractivity contribution in [1.29, 1.82) is 0 Å². The van der Waals surface area contributed by atoms with Crippen LogP contribution in [-0.2, 0) is 9.53 Å². The van der Waals surface area contributed by atoms with E-state index in [9.17, 15) is 19.4 Å². The van der Waals surface area contributed by atoms with Gasteiger partial charge in [-0.3, -0.25) is 4.79 Å². The number of thioether (sulfide) groups is 1. The van der Waals surface area contributed by atoms with Crippen LogP contribution in [-0.4, -0.2) is 58.3 Å². The number of hydrogen-bond donors (Lipinski definition) is 2. The van der Waals surface area contributed by atoms with Gasteiger partial charge in [-0.1, -0.05) is 51.3 Å². The number of allylic oxidation sites excluding steroid dienone is 1. The summed E-state index contributed by atoms with van der Waals surface area (Å²) in [5, 5.41) is 20.0. The summed E-state index contributed by atoms with van der Waals surface area (Å²) in [5.74, 6) is 1.57. The number of rotatable bonds is 15. The number of benzene rings is 1. The first-order valence-corrected chi connectivity index (χ1v) is 16.6. The highest BCUT2D eigenvalue weighted by Crippen LogP contribution is 2.58. The number of unbranched alkanes of at least 4 members (excludes halogenated alkanes) is 3. The summed E-state index contributed by atoms with van der Waals surface area (Å²) in [6.45, 7) is 11.1. The molecule has 0 spiro atoms. The van der Waals surface area contributed by atoms with Crippen LogP contribution < -0.4 is 0 Å². The van der Waals surface area contributed by atoms with Crippen LogP contribution in [0, 0.1) is 17.2 Å². The van der Waals surface area contributed by atoms with Gasteiger partial charge in [-0.2, -0.15) is 11.8 Å². The van der Waals surface area contributed by atoms with Gasteiger partial charge in [0.05, 0.1) is 18.3 Å². The topological polar surface area (TPSA) is 70.0 Å². The van der Waals surface area contributed by atoms with Crippen LogP contribution in [0.15, 0.2) is 29.8 Å². The molecule has 7 heteroatoms. The van der Waals surface area contributed by atoms with Gasteiger partial charge in [0.15, 0.2) is 11.6 Å². The first kappa shape index (κ1) is 34.6. The summed E-state index contributed by atoms with van der Waals surface area (Å²) in [5.41, 5.74) is 1.19. The molecule has 2 aliphatic rings. The summed E-state index contributed by atoms with van der Waals surface area (Å²) >= 11 is 1.97. The number of fused-ring (bicyclic) bond motifs is 2. The number of amides is 1. The van der Waals surface area contributed by atoms with Crippen molar-refractivity contribution in [2.75, 3.05) is 31.7 Å². The van der Waals surface area contributed by atoms with E-state index < -0.39 is 11.4 Å². The fourth-order valence-electron chi connectivity index (χ4n) is 5.89. The molecule has 5 nitrogen and oxygen atoms in total. The molecule has 0 aromatic heterocycles. The van der Waals surface area contributed by atoms with Crippen LogP contribution in [0.2, 0.25) is 0 Å². The third-order valence-electron chi connectivity index (χ3n) is 8.72. The number of hydrogen-bond acceptors (Lipinski definition) is 5. The summed E-state index contributed by atoms with van der Waals surface area (Å²) < 4.78 is 20.8. The number of aliphatic hydroxyl groups is 1. The summed E-state index contributed by atoms with van der Waals surface area (Å²) in [4.78, 5) is 14.0. The molecule has 1 amide bonds. The molecule has 0 radical (unpaired) electrons. The van der Waals surface area contributed by atoms with E-state index in [1.165, 1.54) is 17.7 Å². The number of nitrogens with zero attached hydrogens (tertiary/aromatic N) is 1. The average molecular weight is 580 g/mol. The zero-order chi connectivity index (χ0) is 29.8. The number of phenolic OH excluding ortho intramolecular Hbond substituents is 1. The van der Waals surface area contributed by atoms with Crippen molar-refractivity contribution >= 4 is 17.7 Å². The van der Waals surface area contributed by atoms with Crippen molar-refractivity contribution in [3.8, 4) is 5.75 Å². The second kappa shape index (κ2) is 16.8. The molecule has 2 N–H and O–H groups in total. The van der Waals surface area contributed by atoms with Crippen LogP contribution in [0.4, 0.5) is 4.39 Å². The van der Waals surface area contributed by atoms with Crippen LogP contribution in [0.1, 0.15) is 110 Å². The van der Waals surface area contributed by atoms with Gasteiger partial charge in [-0.25, -0.2) is 4.39 Å². The van der Waals surface area contributed by atoms with Crippen molar-refractivity contribution in [3.63, 3.8) is 0 Å². The van der Waals surface area contributed by atoms with E-state index in [1.807, 2.05) is 51.4 Å². The van der Waals surface area contributed by atoms with Crippen molar-refractivity contribution < 1.29 is 24.1 Å². The van der Waals surface area contributed by atoms with E-state index in [2.05, 4.69) is 13.0 Å². The Morgan fingerprint density at radius 1 is 1.15 bits per heavy atom. The van der Waals surface area contributed by atoms with Gasteiger partial charge in [0, 0.05) is 31.3 Å². The molecule has 1 aromatic rings. The minimum Gasteiger partial charge on any atom is -0.505 e. The Bertz CT molecular complexity index is 952. The quantitative estimate of drug-likeness (QED) is 0.162. The van der Waals surface area contributed by atoms with E-state index >= 15 is 0 Å². The maximum atomic E-state index is 14.2. The molecule has 1 aliphatic carbocycles. The lowest BCUT2D eigenvalue weighted by Gasteiger charge is -2.57. The van der Waals surface area contributed by atoms with Crippen LogP contribution in [0.3, 0.4) is 0 Å². The lowest BCUT2D eigenvalue weighted by atomic mass is 9.58. The zero-order valence-electron chi connectivity index (χ0n) is 25.8. The second-order valence-corrected chi connectivity index (χ2v) is 12.9. The Labute approximate surface area is 247 Å². The van der Waals surface area contributed by atoms with E-state index in [1.54, 1.807) is 6.07 Å². The molecule has 2 bridgehead atoms. The number of halogens is 1. The Balaban J connectivity index is 0.00000274. The molecular formula is C33H54FNO4S. The monoisotopic (exact) mass is 579 g/mol. The Kier molecular flexibility index (Phi) is 14.5. The Morgan fingerprint density at radius 2 is 1.88 bits per heavy atom. The smallest absolute Gasteiger partial charge is 0.222 e. The molecule has 0 saturated carbocycles. The molecule has 3 unspecified atom stereocenters. The lowest BCUT2D eigenvalue weighted by molar-refractivity contribution is -0.223. The van der Waals surface area contributed by atoms with Gasteiger partial charge in [0.2, 0.25) is 5.91 Å². The van der Waals surface area contributed by atoms with E-state index in [0.717, 1.165) is 81.4 Å². The molecule has 3 rings (SSSR count). The number of phenols is 1.